The van der Waals surface area contributed by atoms with E-state index >= 15 is 0 Å². The van der Waals surface area contributed by atoms with Crippen molar-refractivity contribution in [1.29, 1.82) is 0 Å². The molecule has 2 rings (SSSR count). The van der Waals surface area contributed by atoms with Crippen LogP contribution in [0.4, 0.5) is 5.69 Å². The Hall–Kier alpha value is -1.89. The van der Waals surface area contributed by atoms with Crippen LogP contribution in [0.1, 0.15) is 23.2 Å². The first-order chi connectivity index (χ1) is 9.86. The van der Waals surface area contributed by atoms with Crippen molar-refractivity contribution in [1.82, 2.24) is 5.01 Å². The van der Waals surface area contributed by atoms with Gasteiger partial charge in [0.2, 0.25) is 0 Å². The van der Waals surface area contributed by atoms with Crippen LogP contribution in [0.25, 0.3) is 0 Å². The molecule has 0 saturated carbocycles. The molecule has 1 unspecified atom stereocenters. The van der Waals surface area contributed by atoms with Gasteiger partial charge in [-0.25, -0.2) is 10.6 Å². The number of rotatable bonds is 4. The van der Waals surface area contributed by atoms with E-state index in [0.29, 0.717) is 13.0 Å². The Morgan fingerprint density at radius 2 is 2.10 bits per heavy atom. The fourth-order valence-corrected chi connectivity index (χ4v) is 3.64. The zero-order chi connectivity index (χ0) is 15.6. The van der Waals surface area contributed by atoms with Crippen LogP contribution >= 0.6 is 7.95 Å². The van der Waals surface area contributed by atoms with Gasteiger partial charge >= 0.3 is 5.97 Å². The van der Waals surface area contributed by atoms with Gasteiger partial charge in [0.05, 0.1) is 11.3 Å². The zero-order valence-corrected chi connectivity index (χ0v) is 12.2. The minimum atomic E-state index is -2.83. The van der Waals surface area contributed by atoms with Crippen LogP contribution in [0.2, 0.25) is 0 Å². The van der Waals surface area contributed by atoms with E-state index in [4.69, 9.17) is 16.7 Å². The van der Waals surface area contributed by atoms with Gasteiger partial charge in [0.15, 0.2) is 13.2 Å². The summed E-state index contributed by atoms with van der Waals surface area (Å²) >= 11 is 0. The number of carbonyl (C=O) groups is 2. The number of carbonyl (C=O) groups excluding carboxylic acids is 1. The van der Waals surface area contributed by atoms with Crippen LogP contribution < -0.4 is 16.7 Å². The summed E-state index contributed by atoms with van der Waals surface area (Å²) in [5, 5.41) is 11.0. The van der Waals surface area contributed by atoms with E-state index in [9.17, 15) is 14.2 Å². The molecule has 1 saturated heterocycles. The van der Waals surface area contributed by atoms with Crippen molar-refractivity contribution in [3.63, 3.8) is 0 Å². The molecule has 0 aromatic heterocycles. The normalized spacial score (nSPS) is 23.7. The first-order valence-corrected chi connectivity index (χ1v) is 7.76. The maximum Gasteiger partial charge on any atom is 0.337 e. The number of amides is 1. The number of benzene rings is 1. The number of aromatic carboxylic acids is 1. The number of para-hydroxylation sites is 1. The van der Waals surface area contributed by atoms with Gasteiger partial charge in [0, 0.05) is 6.54 Å². The summed E-state index contributed by atoms with van der Waals surface area (Å²) in [5.74, 6) is 3.77. The topological polar surface area (TPSA) is 139 Å². The third-order valence-corrected chi connectivity index (χ3v) is 5.19. The molecule has 1 amide bonds. The Morgan fingerprint density at radius 1 is 1.43 bits per heavy atom. The molecular formula is C12H17N4O4P. The largest absolute Gasteiger partial charge is 0.478 e. The molecule has 9 heteroatoms. The average Bonchev–Trinajstić information content (AvgIpc) is 2.45. The van der Waals surface area contributed by atoms with Crippen LogP contribution in [0.15, 0.2) is 24.3 Å². The smallest absolute Gasteiger partial charge is 0.337 e. The molecule has 21 heavy (non-hydrogen) atoms. The number of carboxylic acid groups (broad SMARTS) is 1. The third-order valence-electron chi connectivity index (χ3n) is 3.42. The summed E-state index contributed by atoms with van der Waals surface area (Å²) in [5.41, 5.74) is 6.09. The average molecular weight is 312 g/mol. The molecule has 6 N–H and O–H groups in total. The predicted molar refractivity (Wildman–Crippen MR) is 78.1 cm³/mol. The number of nitrogens with zero attached hydrogens (tertiary/aromatic N) is 1. The standard InChI is InChI=1S/C12H17N4O4P/c13-12(6-3-7-16(14)11(12)19)21(20)15-9-5-2-1-4-8(9)10(17)18/h1-2,4-5,21H,3,6-7,13-14H2,(H,15,20)(H,17,18)/t12-/m0/s1. The number of hydrazine groups is 1. The first kappa shape index (κ1) is 15.5. The Morgan fingerprint density at radius 3 is 2.76 bits per heavy atom. The van der Waals surface area contributed by atoms with Crippen molar-refractivity contribution in [2.45, 2.75) is 18.1 Å². The van der Waals surface area contributed by atoms with Crippen molar-refractivity contribution >= 4 is 25.5 Å². The highest BCUT2D eigenvalue weighted by Gasteiger charge is 2.45. The molecule has 1 fully saturated rings. The number of nitrogens with one attached hydrogen (secondary N) is 1. The SMILES string of the molecule is NN1CCC[C@](N)([PH](=O)Nc2ccccc2C(=O)O)C1=O. The van der Waals surface area contributed by atoms with Crippen LogP contribution in [0, 0.1) is 0 Å². The van der Waals surface area contributed by atoms with Crippen molar-refractivity contribution in [2.24, 2.45) is 11.6 Å². The first-order valence-electron chi connectivity index (χ1n) is 6.35. The van der Waals surface area contributed by atoms with E-state index in [2.05, 4.69) is 5.09 Å². The van der Waals surface area contributed by atoms with E-state index in [0.717, 1.165) is 5.01 Å². The fraction of sp³-hybridized carbons (Fsp3) is 0.333. The van der Waals surface area contributed by atoms with Crippen LogP contribution in [0.3, 0.4) is 0 Å². The van der Waals surface area contributed by atoms with E-state index in [1.165, 1.54) is 12.1 Å². The van der Waals surface area contributed by atoms with Crippen LogP contribution in [-0.4, -0.2) is 33.8 Å². The number of hydrogen-bond donors (Lipinski definition) is 4. The maximum absolute atomic E-state index is 12.5. The summed E-state index contributed by atoms with van der Waals surface area (Å²) in [6.07, 6.45) is 0.775. The molecule has 2 atom stereocenters. The highest BCUT2D eigenvalue weighted by molar-refractivity contribution is 7.49. The van der Waals surface area contributed by atoms with E-state index in [-0.39, 0.29) is 17.7 Å². The van der Waals surface area contributed by atoms with Gasteiger partial charge in [0.1, 0.15) is 0 Å². The number of hydrogen-bond acceptors (Lipinski definition) is 5. The fourth-order valence-electron chi connectivity index (χ4n) is 2.22. The number of anilines is 1. The third kappa shape index (κ3) is 2.92. The molecule has 0 aliphatic carbocycles. The van der Waals surface area contributed by atoms with Gasteiger partial charge in [-0.2, -0.15) is 0 Å². The molecule has 8 nitrogen and oxygen atoms in total. The highest BCUT2D eigenvalue weighted by Crippen LogP contribution is 2.42. The summed E-state index contributed by atoms with van der Waals surface area (Å²) in [7, 11) is -2.83. The number of nitrogens with two attached hydrogens (primary N) is 2. The lowest BCUT2D eigenvalue weighted by Crippen LogP contribution is -2.59. The van der Waals surface area contributed by atoms with Crippen molar-refractivity contribution in [3.8, 4) is 0 Å². The highest BCUT2D eigenvalue weighted by atomic mass is 31.1. The van der Waals surface area contributed by atoms with Gasteiger partial charge in [-0.3, -0.25) is 9.80 Å². The number of carboxylic acids is 1. The quantitative estimate of drug-likeness (QED) is 0.359. The molecule has 1 aromatic rings. The van der Waals surface area contributed by atoms with Gasteiger partial charge in [-0.1, -0.05) is 12.1 Å². The summed E-state index contributed by atoms with van der Waals surface area (Å²) in [4.78, 5) is 23.2. The van der Waals surface area contributed by atoms with E-state index in [1.54, 1.807) is 12.1 Å². The minimum absolute atomic E-state index is 0.0349. The lowest BCUT2D eigenvalue weighted by Gasteiger charge is -2.36. The lowest BCUT2D eigenvalue weighted by molar-refractivity contribution is -0.136. The number of piperidine rings is 1. The Labute approximate surface area is 121 Å². The predicted octanol–water partition coefficient (Wildman–Crippen LogP) is 0.422. The van der Waals surface area contributed by atoms with Crippen molar-refractivity contribution in [2.75, 3.05) is 11.6 Å². The molecule has 0 radical (unpaired) electrons. The molecule has 1 aliphatic rings. The van der Waals surface area contributed by atoms with Gasteiger partial charge in [-0.05, 0) is 25.0 Å². The summed E-state index contributed by atoms with van der Waals surface area (Å²) in [6, 6.07) is 6.01. The van der Waals surface area contributed by atoms with Crippen LogP contribution in [0.5, 0.6) is 0 Å². The lowest BCUT2D eigenvalue weighted by atomic mass is 10.1. The van der Waals surface area contributed by atoms with E-state index in [1.807, 2.05) is 0 Å². The molecule has 1 heterocycles. The maximum atomic E-state index is 12.5. The molecule has 1 aliphatic heterocycles. The summed E-state index contributed by atoms with van der Waals surface area (Å²) < 4.78 is 12.5. The second kappa shape index (κ2) is 5.85. The molecule has 0 spiro atoms. The Balaban J connectivity index is 2.26. The Bertz CT molecular complexity index is 609. The van der Waals surface area contributed by atoms with Crippen molar-refractivity contribution in [3.05, 3.63) is 29.8 Å². The second-order valence-electron chi connectivity index (χ2n) is 4.88. The molecule has 0 bridgehead atoms. The molecule has 114 valence electrons. The van der Waals surface area contributed by atoms with Crippen LogP contribution in [-0.2, 0) is 9.36 Å². The van der Waals surface area contributed by atoms with Gasteiger partial charge in [-0.15, -0.1) is 0 Å². The van der Waals surface area contributed by atoms with E-state index < -0.39 is 25.1 Å². The minimum Gasteiger partial charge on any atom is -0.478 e. The monoisotopic (exact) mass is 312 g/mol. The second-order valence-corrected chi connectivity index (χ2v) is 6.68. The van der Waals surface area contributed by atoms with Gasteiger partial charge < -0.3 is 20.5 Å². The Kier molecular flexibility index (Phi) is 4.32. The zero-order valence-electron chi connectivity index (χ0n) is 11.2. The molecular weight excluding hydrogens is 295 g/mol. The summed E-state index contributed by atoms with van der Waals surface area (Å²) in [6.45, 7) is 0.360. The van der Waals surface area contributed by atoms with Gasteiger partial charge in [0.25, 0.3) is 5.91 Å². The van der Waals surface area contributed by atoms with Crippen molar-refractivity contribution < 1.29 is 19.3 Å². The molecule has 1 aromatic carbocycles.